The Hall–Kier alpha value is -1.38. The molecular formula is C48H84O2. The van der Waals surface area contributed by atoms with E-state index < -0.39 is 0 Å². The number of rotatable bonds is 0. The SMILES string of the molecule is CC12CCC(C)(CC1)CC2.CC1=CCC(C)CC1.CC1=CCC(C)CC1.CC1CCC(C)CC1.CC1COC(C)OC1.Cc1ccc(C)cc1. The first-order valence-corrected chi connectivity index (χ1v) is 21.1. The molecule has 1 aromatic carbocycles. The highest BCUT2D eigenvalue weighted by Crippen LogP contribution is 2.56. The number of fused-ring (bicyclic) bond motifs is 3. The zero-order chi connectivity index (χ0) is 37.2. The van der Waals surface area contributed by atoms with Gasteiger partial charge in [-0.2, -0.15) is 0 Å². The van der Waals surface area contributed by atoms with E-state index in [-0.39, 0.29) is 6.29 Å². The quantitative estimate of drug-likeness (QED) is 0.252. The van der Waals surface area contributed by atoms with Crippen molar-refractivity contribution in [1.82, 2.24) is 0 Å². The molecule has 50 heavy (non-hydrogen) atoms. The minimum atomic E-state index is 0.0196. The molecule has 0 spiro atoms. The van der Waals surface area contributed by atoms with E-state index in [1.807, 2.05) is 6.92 Å². The Labute approximate surface area is 313 Å². The van der Waals surface area contributed by atoms with Crippen molar-refractivity contribution in [1.29, 1.82) is 0 Å². The molecule has 0 radical (unpaired) electrons. The van der Waals surface area contributed by atoms with Crippen molar-refractivity contribution in [2.45, 2.75) is 192 Å². The topological polar surface area (TPSA) is 18.5 Å². The zero-order valence-electron chi connectivity index (χ0n) is 35.5. The van der Waals surface area contributed by atoms with Crippen molar-refractivity contribution in [3.05, 3.63) is 58.7 Å². The smallest absolute Gasteiger partial charge is 0.154 e. The highest BCUT2D eigenvalue weighted by molar-refractivity contribution is 5.19. The van der Waals surface area contributed by atoms with Gasteiger partial charge >= 0.3 is 0 Å². The van der Waals surface area contributed by atoms with Gasteiger partial charge in [-0.1, -0.05) is 133 Å². The van der Waals surface area contributed by atoms with Gasteiger partial charge in [-0.3, -0.25) is 0 Å². The molecule has 1 saturated heterocycles. The Morgan fingerprint density at radius 1 is 0.460 bits per heavy atom. The molecule has 2 heteroatoms. The van der Waals surface area contributed by atoms with Crippen LogP contribution in [0.25, 0.3) is 0 Å². The van der Waals surface area contributed by atoms with Crippen molar-refractivity contribution < 1.29 is 9.47 Å². The van der Waals surface area contributed by atoms with Crippen LogP contribution in [0, 0.1) is 54.3 Å². The number of hydrogen-bond acceptors (Lipinski definition) is 2. The van der Waals surface area contributed by atoms with Crippen LogP contribution in [0.3, 0.4) is 0 Å². The fourth-order valence-corrected chi connectivity index (χ4v) is 7.51. The second-order valence-corrected chi connectivity index (χ2v) is 18.8. The Balaban J connectivity index is 0.000000209. The molecule has 288 valence electrons. The van der Waals surface area contributed by atoms with Crippen LogP contribution in [0.4, 0.5) is 0 Å². The van der Waals surface area contributed by atoms with Crippen LogP contribution >= 0.6 is 0 Å². The second-order valence-electron chi connectivity index (χ2n) is 18.8. The third kappa shape index (κ3) is 20.0. The van der Waals surface area contributed by atoms with Crippen LogP contribution in [0.2, 0.25) is 0 Å². The van der Waals surface area contributed by atoms with Gasteiger partial charge in [-0.25, -0.2) is 0 Å². The molecule has 0 aromatic heterocycles. The lowest BCUT2D eigenvalue weighted by Crippen LogP contribution is -2.37. The summed E-state index contributed by atoms with van der Waals surface area (Å²) >= 11 is 0. The summed E-state index contributed by atoms with van der Waals surface area (Å²) in [6, 6.07) is 8.48. The molecule has 1 heterocycles. The van der Waals surface area contributed by atoms with Crippen molar-refractivity contribution in [3.8, 4) is 0 Å². The van der Waals surface area contributed by atoms with Gasteiger partial charge in [-0.15, -0.1) is 0 Å². The number of aryl methyl sites for hydroxylation is 2. The molecule has 8 rings (SSSR count). The maximum Gasteiger partial charge on any atom is 0.154 e. The monoisotopic (exact) mass is 693 g/mol. The third-order valence-corrected chi connectivity index (χ3v) is 12.6. The van der Waals surface area contributed by atoms with Gasteiger partial charge < -0.3 is 9.47 Å². The van der Waals surface area contributed by atoms with Crippen LogP contribution < -0.4 is 0 Å². The number of hydrogen-bond donors (Lipinski definition) is 0. The normalized spacial score (nSPS) is 34.4. The van der Waals surface area contributed by atoms with E-state index in [1.165, 1.54) is 114 Å². The first kappa shape index (κ1) is 44.8. The third-order valence-electron chi connectivity index (χ3n) is 12.6. The number of allylic oxidation sites excluding steroid dienone is 4. The predicted octanol–water partition coefficient (Wildman–Crippen LogP) is 15.0. The lowest BCUT2D eigenvalue weighted by molar-refractivity contribution is -0.187. The van der Waals surface area contributed by atoms with E-state index in [0.717, 1.165) is 47.7 Å². The summed E-state index contributed by atoms with van der Waals surface area (Å²) in [6.07, 6.45) is 27.8. The van der Waals surface area contributed by atoms with Crippen LogP contribution in [-0.2, 0) is 9.47 Å². The van der Waals surface area contributed by atoms with Crippen molar-refractivity contribution >= 4 is 0 Å². The van der Waals surface area contributed by atoms with Gasteiger partial charge in [-0.05, 0) is 146 Å². The van der Waals surface area contributed by atoms with E-state index >= 15 is 0 Å². The number of ether oxygens (including phenoxy) is 2. The average molecular weight is 693 g/mol. The predicted molar refractivity (Wildman–Crippen MR) is 221 cm³/mol. The van der Waals surface area contributed by atoms with Crippen LogP contribution in [0.15, 0.2) is 47.6 Å². The zero-order valence-corrected chi connectivity index (χ0v) is 35.5. The summed E-state index contributed by atoms with van der Waals surface area (Å²) in [5, 5.41) is 0. The fraction of sp³-hybridized carbons (Fsp3) is 0.792. The molecule has 1 aromatic rings. The Bertz CT molecular complexity index is 948. The molecule has 2 nitrogen and oxygen atoms in total. The molecule has 7 aliphatic rings. The molecule has 2 unspecified atom stereocenters. The molecule has 6 aliphatic carbocycles. The van der Waals surface area contributed by atoms with Crippen LogP contribution in [0.5, 0.6) is 0 Å². The molecule has 1 aliphatic heterocycles. The van der Waals surface area contributed by atoms with Crippen molar-refractivity contribution in [2.75, 3.05) is 13.2 Å². The standard InChI is InChI=1S/C10H18.C8H16.2C8H14.C8H10.C6H12O2/c1-9-3-6-10(2,7-4-9)8-5-9;4*1-7-3-5-8(2)6-4-7;1-5-3-7-6(2)8-4-5/h3-8H2,1-2H3;7-8H,3-6H2,1-2H3;2*3,8H,4-6H2,1-2H3;3-6H,1-2H3;5-6H,3-4H2,1-2H3. The van der Waals surface area contributed by atoms with Crippen LogP contribution in [-0.4, -0.2) is 19.5 Å². The van der Waals surface area contributed by atoms with Gasteiger partial charge in [0.2, 0.25) is 0 Å². The van der Waals surface area contributed by atoms with E-state index in [4.69, 9.17) is 9.47 Å². The minimum absolute atomic E-state index is 0.0196. The first-order chi connectivity index (χ1) is 23.6. The summed E-state index contributed by atoms with van der Waals surface area (Å²) in [6.45, 7) is 28.7. The van der Waals surface area contributed by atoms with Gasteiger partial charge in [0, 0.05) is 5.92 Å². The molecule has 0 N–H and O–H groups in total. The summed E-state index contributed by atoms with van der Waals surface area (Å²) in [4.78, 5) is 0. The Morgan fingerprint density at radius 3 is 1.02 bits per heavy atom. The summed E-state index contributed by atoms with van der Waals surface area (Å²) in [7, 11) is 0. The fourth-order valence-electron chi connectivity index (χ4n) is 7.51. The maximum atomic E-state index is 5.17. The Morgan fingerprint density at radius 2 is 0.780 bits per heavy atom. The van der Waals surface area contributed by atoms with Gasteiger partial charge in [0.1, 0.15) is 0 Å². The lowest BCUT2D eigenvalue weighted by atomic mass is 9.55. The molecule has 4 saturated carbocycles. The van der Waals surface area contributed by atoms with Gasteiger partial charge in [0.25, 0.3) is 0 Å². The summed E-state index contributed by atoms with van der Waals surface area (Å²) in [5.41, 5.74) is 7.35. The molecule has 5 fully saturated rings. The van der Waals surface area contributed by atoms with Crippen molar-refractivity contribution in [2.24, 2.45) is 40.4 Å². The van der Waals surface area contributed by atoms with E-state index in [0.29, 0.717) is 5.92 Å². The van der Waals surface area contributed by atoms with Gasteiger partial charge in [0.05, 0.1) is 13.2 Å². The second kappa shape index (κ2) is 23.3. The van der Waals surface area contributed by atoms with Crippen LogP contribution in [0.1, 0.15) is 183 Å². The van der Waals surface area contributed by atoms with E-state index in [2.05, 4.69) is 113 Å². The molecule has 0 amide bonds. The van der Waals surface area contributed by atoms with Crippen molar-refractivity contribution in [3.63, 3.8) is 0 Å². The lowest BCUT2D eigenvalue weighted by Gasteiger charge is -2.50. The van der Waals surface area contributed by atoms with Gasteiger partial charge in [0.15, 0.2) is 6.29 Å². The number of benzene rings is 1. The maximum absolute atomic E-state index is 5.17. The molecular weight excluding hydrogens is 609 g/mol. The minimum Gasteiger partial charge on any atom is -0.353 e. The van der Waals surface area contributed by atoms with E-state index in [9.17, 15) is 0 Å². The summed E-state index contributed by atoms with van der Waals surface area (Å²) < 4.78 is 10.3. The highest BCUT2D eigenvalue weighted by atomic mass is 16.7. The molecule has 2 atom stereocenters. The van der Waals surface area contributed by atoms with E-state index in [1.54, 1.807) is 11.1 Å². The Kier molecular flexibility index (Phi) is 20.9. The average Bonchev–Trinajstić information content (AvgIpc) is 3.10. The molecule has 2 bridgehead atoms. The summed E-state index contributed by atoms with van der Waals surface area (Å²) in [5.74, 6) is 4.50. The first-order valence-electron chi connectivity index (χ1n) is 21.1. The largest absolute Gasteiger partial charge is 0.353 e. The highest BCUT2D eigenvalue weighted by Gasteiger charge is 2.43.